The maximum Gasteiger partial charge on any atom is 0.108 e. The molecule has 1 aromatic rings. The summed E-state index contributed by atoms with van der Waals surface area (Å²) in [6.07, 6.45) is 2.80. The number of nitrogens with one attached hydrogen (secondary N) is 1. The topological polar surface area (TPSA) is 37.9 Å². The van der Waals surface area contributed by atoms with Crippen molar-refractivity contribution in [2.45, 2.75) is 26.2 Å². The van der Waals surface area contributed by atoms with E-state index in [1.54, 1.807) is 7.11 Å². The van der Waals surface area contributed by atoms with E-state index in [4.69, 9.17) is 4.74 Å². The molecule has 0 aliphatic rings. The maximum atomic E-state index is 4.97. The average Bonchev–Trinajstić information content (AvgIpc) is 2.48. The zero-order valence-electron chi connectivity index (χ0n) is 7.92. The maximum absolute atomic E-state index is 4.97. The number of methoxy groups -OCH3 is 1. The largest absolute Gasteiger partial charge is 0.384 e. The molecule has 1 aromatic heterocycles. The molecule has 0 saturated carbocycles. The van der Waals surface area contributed by atoms with Gasteiger partial charge >= 0.3 is 0 Å². The first-order valence-electron chi connectivity index (χ1n) is 4.26. The summed E-state index contributed by atoms with van der Waals surface area (Å²) in [5, 5.41) is 0. The smallest absolute Gasteiger partial charge is 0.108 e. The fourth-order valence-electron chi connectivity index (χ4n) is 1.01. The first kappa shape index (κ1) is 9.26. The zero-order chi connectivity index (χ0) is 8.97. The minimum absolute atomic E-state index is 0.473. The highest BCUT2D eigenvalue weighted by Crippen LogP contribution is 2.09. The lowest BCUT2D eigenvalue weighted by Crippen LogP contribution is -1.95. The van der Waals surface area contributed by atoms with Gasteiger partial charge in [0.2, 0.25) is 0 Å². The second kappa shape index (κ2) is 4.26. The van der Waals surface area contributed by atoms with Crippen molar-refractivity contribution in [1.82, 2.24) is 9.97 Å². The van der Waals surface area contributed by atoms with Gasteiger partial charge in [0.15, 0.2) is 0 Å². The van der Waals surface area contributed by atoms with Gasteiger partial charge < -0.3 is 9.72 Å². The van der Waals surface area contributed by atoms with Crippen LogP contribution >= 0.6 is 0 Å². The van der Waals surface area contributed by atoms with Crippen molar-refractivity contribution in [3.05, 3.63) is 17.7 Å². The highest BCUT2D eigenvalue weighted by Gasteiger charge is 2.03. The SMILES string of the molecule is COCCc1cnc(C(C)C)[nH]1. The van der Waals surface area contributed by atoms with Gasteiger partial charge in [-0.3, -0.25) is 0 Å². The van der Waals surface area contributed by atoms with Gasteiger partial charge in [0.1, 0.15) is 5.82 Å². The molecular formula is C9H16N2O. The minimum Gasteiger partial charge on any atom is -0.384 e. The average molecular weight is 168 g/mol. The van der Waals surface area contributed by atoms with E-state index in [2.05, 4.69) is 23.8 Å². The molecule has 3 nitrogen and oxygen atoms in total. The summed E-state index contributed by atoms with van der Waals surface area (Å²) in [5.74, 6) is 1.53. The van der Waals surface area contributed by atoms with Crippen LogP contribution in [0, 0.1) is 0 Å². The van der Waals surface area contributed by atoms with Crippen LogP contribution in [0.5, 0.6) is 0 Å². The molecule has 0 aromatic carbocycles. The summed E-state index contributed by atoms with van der Waals surface area (Å²) in [6.45, 7) is 5.00. The van der Waals surface area contributed by atoms with Gasteiger partial charge in [-0.15, -0.1) is 0 Å². The Balaban J connectivity index is 2.52. The molecular weight excluding hydrogens is 152 g/mol. The summed E-state index contributed by atoms with van der Waals surface area (Å²) in [6, 6.07) is 0. The van der Waals surface area contributed by atoms with Crippen molar-refractivity contribution in [1.29, 1.82) is 0 Å². The standard InChI is InChI=1S/C9H16N2O/c1-7(2)9-10-6-8(11-9)4-5-12-3/h6-7H,4-5H2,1-3H3,(H,10,11). The van der Waals surface area contributed by atoms with Crippen LogP contribution < -0.4 is 0 Å². The Hall–Kier alpha value is -0.830. The van der Waals surface area contributed by atoms with Crippen molar-refractivity contribution in [3.8, 4) is 0 Å². The van der Waals surface area contributed by atoms with Crippen LogP contribution in [0.2, 0.25) is 0 Å². The quantitative estimate of drug-likeness (QED) is 0.743. The summed E-state index contributed by atoms with van der Waals surface area (Å²) in [7, 11) is 1.71. The Morgan fingerprint density at radius 2 is 2.33 bits per heavy atom. The number of ether oxygens (including phenoxy) is 1. The van der Waals surface area contributed by atoms with Crippen molar-refractivity contribution in [2.24, 2.45) is 0 Å². The number of imidazole rings is 1. The zero-order valence-corrected chi connectivity index (χ0v) is 7.92. The molecule has 0 aliphatic carbocycles. The van der Waals surface area contributed by atoms with Gasteiger partial charge in [-0.1, -0.05) is 13.8 Å². The molecule has 1 rings (SSSR count). The molecule has 0 amide bonds. The molecule has 0 aliphatic heterocycles. The molecule has 0 bridgehead atoms. The molecule has 0 saturated heterocycles. The third-order valence-electron chi connectivity index (χ3n) is 1.77. The molecule has 1 heterocycles. The number of aromatic nitrogens is 2. The van der Waals surface area contributed by atoms with Crippen LogP contribution in [0.3, 0.4) is 0 Å². The number of hydrogen-bond acceptors (Lipinski definition) is 2. The first-order valence-corrected chi connectivity index (χ1v) is 4.26. The van der Waals surface area contributed by atoms with Crippen LogP contribution in [0.15, 0.2) is 6.20 Å². The third-order valence-corrected chi connectivity index (χ3v) is 1.77. The van der Waals surface area contributed by atoms with Crippen molar-refractivity contribution in [3.63, 3.8) is 0 Å². The van der Waals surface area contributed by atoms with Crippen molar-refractivity contribution < 1.29 is 4.74 Å². The van der Waals surface area contributed by atoms with E-state index in [9.17, 15) is 0 Å². The second-order valence-electron chi connectivity index (χ2n) is 3.19. The van der Waals surface area contributed by atoms with E-state index in [1.165, 1.54) is 0 Å². The Morgan fingerprint density at radius 3 is 2.83 bits per heavy atom. The van der Waals surface area contributed by atoms with E-state index < -0.39 is 0 Å². The predicted molar refractivity (Wildman–Crippen MR) is 48.3 cm³/mol. The number of rotatable bonds is 4. The molecule has 12 heavy (non-hydrogen) atoms. The fourth-order valence-corrected chi connectivity index (χ4v) is 1.01. The lowest BCUT2D eigenvalue weighted by molar-refractivity contribution is 0.201. The van der Waals surface area contributed by atoms with E-state index in [1.807, 2.05) is 6.20 Å². The van der Waals surface area contributed by atoms with Crippen LogP contribution in [0.4, 0.5) is 0 Å². The number of nitrogens with zero attached hydrogens (tertiary/aromatic N) is 1. The molecule has 0 radical (unpaired) electrons. The van der Waals surface area contributed by atoms with Gasteiger partial charge in [0.25, 0.3) is 0 Å². The lowest BCUT2D eigenvalue weighted by Gasteiger charge is -1.98. The summed E-state index contributed by atoms with van der Waals surface area (Å²) in [4.78, 5) is 7.51. The first-order chi connectivity index (χ1) is 5.74. The van der Waals surface area contributed by atoms with Crippen LogP contribution in [0.25, 0.3) is 0 Å². The number of hydrogen-bond donors (Lipinski definition) is 1. The van der Waals surface area contributed by atoms with E-state index in [0.29, 0.717) is 5.92 Å². The fraction of sp³-hybridized carbons (Fsp3) is 0.667. The normalized spacial score (nSPS) is 11.0. The molecule has 1 N–H and O–H groups in total. The summed E-state index contributed by atoms with van der Waals surface area (Å²) >= 11 is 0. The Morgan fingerprint density at radius 1 is 1.58 bits per heavy atom. The minimum atomic E-state index is 0.473. The van der Waals surface area contributed by atoms with Crippen molar-refractivity contribution in [2.75, 3.05) is 13.7 Å². The molecule has 0 fully saturated rings. The number of aromatic amines is 1. The van der Waals surface area contributed by atoms with Gasteiger partial charge in [0, 0.05) is 31.3 Å². The Kier molecular flexibility index (Phi) is 3.29. The summed E-state index contributed by atoms with van der Waals surface area (Å²) in [5.41, 5.74) is 1.15. The lowest BCUT2D eigenvalue weighted by atomic mass is 10.2. The van der Waals surface area contributed by atoms with Crippen LogP contribution in [0.1, 0.15) is 31.3 Å². The molecule has 0 unspecified atom stereocenters. The van der Waals surface area contributed by atoms with Crippen molar-refractivity contribution >= 4 is 0 Å². The molecule has 0 atom stereocenters. The highest BCUT2D eigenvalue weighted by atomic mass is 16.5. The second-order valence-corrected chi connectivity index (χ2v) is 3.19. The van der Waals surface area contributed by atoms with Gasteiger partial charge in [-0.2, -0.15) is 0 Å². The van der Waals surface area contributed by atoms with Gasteiger partial charge in [-0.25, -0.2) is 4.98 Å². The highest BCUT2D eigenvalue weighted by molar-refractivity contribution is 5.04. The van der Waals surface area contributed by atoms with Crippen LogP contribution in [-0.4, -0.2) is 23.7 Å². The molecule has 3 heteroatoms. The van der Waals surface area contributed by atoms with Gasteiger partial charge in [-0.05, 0) is 0 Å². The van der Waals surface area contributed by atoms with E-state index in [0.717, 1.165) is 24.5 Å². The summed E-state index contributed by atoms with van der Waals surface area (Å²) < 4.78 is 4.97. The Bertz CT molecular complexity index is 230. The number of H-pyrrole nitrogens is 1. The molecule has 68 valence electrons. The van der Waals surface area contributed by atoms with Gasteiger partial charge in [0.05, 0.1) is 6.61 Å². The van der Waals surface area contributed by atoms with E-state index >= 15 is 0 Å². The Labute approximate surface area is 73.2 Å². The molecule has 0 spiro atoms. The monoisotopic (exact) mass is 168 g/mol. The third kappa shape index (κ3) is 2.34. The van der Waals surface area contributed by atoms with E-state index in [-0.39, 0.29) is 0 Å². The van der Waals surface area contributed by atoms with Crippen LogP contribution in [-0.2, 0) is 11.2 Å². The predicted octanol–water partition coefficient (Wildman–Crippen LogP) is 1.72.